The number of hydrogen-bond donors (Lipinski definition) is 2. The summed E-state index contributed by atoms with van der Waals surface area (Å²) in [4.78, 5) is 9.41. The zero-order chi connectivity index (χ0) is 13.5. The van der Waals surface area contributed by atoms with E-state index in [1.165, 1.54) is 52.0 Å². The molecule has 110 valence electrons. The van der Waals surface area contributed by atoms with Crippen LogP contribution in [0.3, 0.4) is 0 Å². The molecule has 0 aromatic heterocycles. The van der Waals surface area contributed by atoms with Crippen LogP contribution in [0.25, 0.3) is 0 Å². The van der Waals surface area contributed by atoms with Crippen molar-refractivity contribution in [3.05, 3.63) is 0 Å². The number of aliphatic imine (C=N–C) groups is 1. The molecule has 0 aromatic rings. The molecular weight excluding hydrogens is 238 g/mol. The van der Waals surface area contributed by atoms with E-state index in [4.69, 9.17) is 5.73 Å². The molecule has 1 saturated carbocycles. The minimum Gasteiger partial charge on any atom is -0.370 e. The van der Waals surface area contributed by atoms with Gasteiger partial charge in [-0.05, 0) is 25.3 Å². The number of guanidine groups is 1. The van der Waals surface area contributed by atoms with Crippen molar-refractivity contribution in [2.24, 2.45) is 16.6 Å². The number of piperazine rings is 1. The molecule has 0 aromatic carbocycles. The average Bonchev–Trinajstić information content (AvgIpc) is 2.38. The molecule has 0 bridgehead atoms. The summed E-state index contributed by atoms with van der Waals surface area (Å²) in [5, 5.41) is 3.23. The van der Waals surface area contributed by atoms with Crippen molar-refractivity contribution < 1.29 is 0 Å². The van der Waals surface area contributed by atoms with Gasteiger partial charge in [-0.1, -0.05) is 13.3 Å². The predicted molar refractivity (Wildman–Crippen MR) is 80.4 cm³/mol. The molecule has 19 heavy (non-hydrogen) atoms. The summed E-state index contributed by atoms with van der Waals surface area (Å²) >= 11 is 0. The van der Waals surface area contributed by atoms with Gasteiger partial charge in [0.1, 0.15) is 0 Å². The first-order valence-electron chi connectivity index (χ1n) is 7.76. The Balaban J connectivity index is 1.53. The first-order chi connectivity index (χ1) is 9.28. The van der Waals surface area contributed by atoms with Gasteiger partial charge in [-0.15, -0.1) is 0 Å². The maximum absolute atomic E-state index is 5.87. The van der Waals surface area contributed by atoms with Crippen LogP contribution in [0.4, 0.5) is 0 Å². The van der Waals surface area contributed by atoms with Crippen LogP contribution in [0.1, 0.15) is 26.2 Å². The van der Waals surface area contributed by atoms with E-state index in [-0.39, 0.29) is 0 Å². The van der Waals surface area contributed by atoms with Crippen LogP contribution >= 0.6 is 0 Å². The van der Waals surface area contributed by atoms with E-state index < -0.39 is 0 Å². The summed E-state index contributed by atoms with van der Waals surface area (Å²) in [5.41, 5.74) is 5.87. The number of nitrogens with one attached hydrogen (secondary N) is 1. The maximum atomic E-state index is 5.87. The Labute approximate surface area is 117 Å². The van der Waals surface area contributed by atoms with Crippen LogP contribution in [0.5, 0.6) is 0 Å². The fraction of sp³-hybridized carbons (Fsp3) is 0.929. The van der Waals surface area contributed by atoms with E-state index in [0.29, 0.717) is 5.96 Å². The number of rotatable bonds is 6. The summed E-state index contributed by atoms with van der Waals surface area (Å²) in [6, 6.07) is 0. The van der Waals surface area contributed by atoms with Gasteiger partial charge in [0.15, 0.2) is 5.96 Å². The van der Waals surface area contributed by atoms with Crippen molar-refractivity contribution in [2.75, 3.05) is 52.4 Å². The first kappa shape index (κ1) is 14.6. The summed E-state index contributed by atoms with van der Waals surface area (Å²) in [6.45, 7) is 11.0. The van der Waals surface area contributed by atoms with E-state index in [1.807, 2.05) is 0 Å². The molecule has 5 nitrogen and oxygen atoms in total. The van der Waals surface area contributed by atoms with Gasteiger partial charge in [0, 0.05) is 45.8 Å². The minimum absolute atomic E-state index is 0.624. The third-order valence-corrected chi connectivity index (χ3v) is 4.39. The monoisotopic (exact) mass is 267 g/mol. The highest BCUT2D eigenvalue weighted by Crippen LogP contribution is 2.26. The summed E-state index contributed by atoms with van der Waals surface area (Å²) in [5.74, 6) is 1.42. The summed E-state index contributed by atoms with van der Waals surface area (Å²) < 4.78 is 0. The van der Waals surface area contributed by atoms with Gasteiger partial charge in [-0.25, -0.2) is 0 Å². The van der Waals surface area contributed by atoms with Gasteiger partial charge in [0.05, 0.1) is 0 Å². The first-order valence-corrected chi connectivity index (χ1v) is 7.76. The molecule has 0 radical (unpaired) electrons. The van der Waals surface area contributed by atoms with Gasteiger partial charge in [-0.2, -0.15) is 0 Å². The van der Waals surface area contributed by atoms with Crippen LogP contribution < -0.4 is 11.1 Å². The predicted octanol–water partition coefficient (Wildman–Crippen LogP) is 0.328. The van der Waals surface area contributed by atoms with Gasteiger partial charge < -0.3 is 16.0 Å². The maximum Gasteiger partial charge on any atom is 0.188 e. The molecule has 1 aliphatic carbocycles. The normalized spacial score (nSPS) is 23.3. The zero-order valence-electron chi connectivity index (χ0n) is 12.3. The van der Waals surface area contributed by atoms with Gasteiger partial charge in [0.2, 0.25) is 0 Å². The largest absolute Gasteiger partial charge is 0.370 e. The van der Waals surface area contributed by atoms with Crippen molar-refractivity contribution in [1.82, 2.24) is 15.1 Å². The molecule has 5 heteroatoms. The van der Waals surface area contributed by atoms with Gasteiger partial charge in [-0.3, -0.25) is 9.89 Å². The van der Waals surface area contributed by atoms with Crippen molar-refractivity contribution in [1.29, 1.82) is 0 Å². The lowest BCUT2D eigenvalue weighted by atomic mass is 9.86. The topological polar surface area (TPSA) is 56.9 Å². The quantitative estimate of drug-likeness (QED) is 0.538. The van der Waals surface area contributed by atoms with Crippen molar-refractivity contribution in [3.8, 4) is 0 Å². The summed E-state index contributed by atoms with van der Waals surface area (Å²) in [6.07, 6.45) is 4.04. The Morgan fingerprint density at radius 2 is 1.89 bits per heavy atom. The van der Waals surface area contributed by atoms with E-state index in [9.17, 15) is 0 Å². The second kappa shape index (κ2) is 7.70. The Morgan fingerprint density at radius 3 is 2.47 bits per heavy atom. The number of nitrogens with zero attached hydrogens (tertiary/aromatic N) is 3. The Bertz CT molecular complexity index is 280. The fourth-order valence-corrected chi connectivity index (χ4v) is 2.63. The average molecular weight is 267 g/mol. The molecule has 0 spiro atoms. The second-order valence-corrected chi connectivity index (χ2v) is 5.73. The van der Waals surface area contributed by atoms with Crippen LogP contribution in [-0.2, 0) is 0 Å². The molecular formula is C14H29N5. The molecule has 1 saturated heterocycles. The van der Waals surface area contributed by atoms with Crippen molar-refractivity contribution >= 4 is 5.96 Å². The molecule has 0 amide bonds. The molecule has 0 atom stereocenters. The van der Waals surface area contributed by atoms with E-state index in [2.05, 4.69) is 27.0 Å². The third kappa shape index (κ3) is 4.99. The molecule has 3 N–H and O–H groups in total. The van der Waals surface area contributed by atoms with Crippen LogP contribution in [0.2, 0.25) is 0 Å². The number of nitrogens with two attached hydrogens (primary N) is 1. The molecule has 1 heterocycles. The second-order valence-electron chi connectivity index (χ2n) is 5.73. The highest BCUT2D eigenvalue weighted by atomic mass is 15.3. The van der Waals surface area contributed by atoms with E-state index >= 15 is 0 Å². The lowest BCUT2D eigenvalue weighted by Gasteiger charge is -2.34. The third-order valence-electron chi connectivity index (χ3n) is 4.39. The number of likely N-dealkylation sites (N-methyl/N-ethyl adjacent to an activating group) is 1. The molecule has 2 fully saturated rings. The lowest BCUT2D eigenvalue weighted by Crippen LogP contribution is -2.48. The minimum atomic E-state index is 0.624. The molecule has 1 aliphatic heterocycles. The van der Waals surface area contributed by atoms with E-state index in [0.717, 1.165) is 25.6 Å². The van der Waals surface area contributed by atoms with Gasteiger partial charge in [0.25, 0.3) is 0 Å². The highest BCUT2D eigenvalue weighted by Gasteiger charge is 2.17. The van der Waals surface area contributed by atoms with Crippen molar-refractivity contribution in [2.45, 2.75) is 26.2 Å². The molecule has 2 rings (SSSR count). The van der Waals surface area contributed by atoms with E-state index in [1.54, 1.807) is 0 Å². The Morgan fingerprint density at radius 1 is 1.21 bits per heavy atom. The molecule has 0 unspecified atom stereocenters. The standard InChI is InChI=1S/C14H29N5/c1-2-18-8-10-19(11-9-18)7-6-16-14(15)17-12-13-4-3-5-13/h13H,2-12H2,1H3,(H3,15,16,17). The number of hydrogen-bond acceptors (Lipinski definition) is 3. The smallest absolute Gasteiger partial charge is 0.188 e. The SMILES string of the molecule is CCN1CCN(CCNC(N)=NCC2CCC2)CC1. The summed E-state index contributed by atoms with van der Waals surface area (Å²) in [7, 11) is 0. The van der Waals surface area contributed by atoms with Crippen molar-refractivity contribution in [3.63, 3.8) is 0 Å². The molecule has 2 aliphatic rings. The van der Waals surface area contributed by atoms with Crippen LogP contribution in [-0.4, -0.2) is 68.1 Å². The highest BCUT2D eigenvalue weighted by molar-refractivity contribution is 5.77. The fourth-order valence-electron chi connectivity index (χ4n) is 2.63. The van der Waals surface area contributed by atoms with Crippen LogP contribution in [0.15, 0.2) is 4.99 Å². The lowest BCUT2D eigenvalue weighted by molar-refractivity contribution is 0.139. The van der Waals surface area contributed by atoms with Crippen LogP contribution in [0, 0.1) is 5.92 Å². The zero-order valence-corrected chi connectivity index (χ0v) is 12.3. The Hall–Kier alpha value is -0.810. The Kier molecular flexibility index (Phi) is 5.92. The van der Waals surface area contributed by atoms with Gasteiger partial charge >= 0.3 is 0 Å².